The minimum Gasteiger partial charge on any atom is -0.481 e. The lowest BCUT2D eigenvalue weighted by molar-refractivity contribution is -0.136. The first-order valence-corrected chi connectivity index (χ1v) is 9.69. The molecule has 3 N–H and O–H groups in total. The van der Waals surface area contributed by atoms with Gasteiger partial charge in [-0.15, -0.1) is 0 Å². The van der Waals surface area contributed by atoms with Gasteiger partial charge < -0.3 is 15.3 Å². The van der Waals surface area contributed by atoms with Gasteiger partial charge in [0.05, 0.1) is 12.2 Å². The Kier molecular flexibility index (Phi) is 11.3. The van der Waals surface area contributed by atoms with Crippen molar-refractivity contribution in [3.05, 3.63) is 48.6 Å². The Hall–Kier alpha value is -1.98. The molecule has 1 fully saturated rings. The average molecular weight is 376 g/mol. The third-order valence-corrected chi connectivity index (χ3v) is 4.59. The molecule has 0 aromatic heterocycles. The third-order valence-electron chi connectivity index (χ3n) is 4.59. The molecule has 1 aliphatic rings. The SMILES string of the molecule is CC/C=C\C[C@H](O)/C=C/[C@@H]1[C@H](C/C=C\C/C=C\CCC(=O)O)C(=O)C[C@@H]1O. The summed E-state index contributed by atoms with van der Waals surface area (Å²) < 4.78 is 0. The molecule has 150 valence electrons. The molecule has 4 atom stereocenters. The Balaban J connectivity index is 2.48. The number of aliphatic carboxylic acids is 1. The summed E-state index contributed by atoms with van der Waals surface area (Å²) in [5, 5.41) is 28.7. The fourth-order valence-electron chi connectivity index (χ4n) is 3.10. The van der Waals surface area contributed by atoms with Gasteiger partial charge in [0.2, 0.25) is 0 Å². The molecule has 0 heterocycles. The first-order valence-electron chi connectivity index (χ1n) is 9.69. The van der Waals surface area contributed by atoms with Crippen LogP contribution in [0.25, 0.3) is 0 Å². The van der Waals surface area contributed by atoms with Gasteiger partial charge in [-0.3, -0.25) is 9.59 Å². The van der Waals surface area contributed by atoms with E-state index >= 15 is 0 Å². The zero-order chi connectivity index (χ0) is 20.1. The fourth-order valence-corrected chi connectivity index (χ4v) is 3.10. The van der Waals surface area contributed by atoms with Gasteiger partial charge in [-0.05, 0) is 32.1 Å². The van der Waals surface area contributed by atoms with Gasteiger partial charge in [0.15, 0.2) is 0 Å². The number of carboxylic acid groups (broad SMARTS) is 1. The lowest BCUT2D eigenvalue weighted by Crippen LogP contribution is -2.18. The minimum atomic E-state index is -0.806. The van der Waals surface area contributed by atoms with Crippen molar-refractivity contribution in [1.82, 2.24) is 0 Å². The number of ketones is 1. The molecule has 5 heteroatoms. The van der Waals surface area contributed by atoms with Gasteiger partial charge in [0.25, 0.3) is 0 Å². The highest BCUT2D eigenvalue weighted by molar-refractivity contribution is 5.84. The second-order valence-corrected chi connectivity index (χ2v) is 6.84. The van der Waals surface area contributed by atoms with E-state index in [0.717, 1.165) is 6.42 Å². The van der Waals surface area contributed by atoms with Crippen molar-refractivity contribution in [1.29, 1.82) is 0 Å². The Morgan fingerprint density at radius 1 is 1.19 bits per heavy atom. The van der Waals surface area contributed by atoms with Crippen molar-refractivity contribution < 1.29 is 24.9 Å². The zero-order valence-corrected chi connectivity index (χ0v) is 16.0. The summed E-state index contributed by atoms with van der Waals surface area (Å²) >= 11 is 0. The van der Waals surface area contributed by atoms with E-state index in [9.17, 15) is 19.8 Å². The first kappa shape index (κ1) is 23.1. The van der Waals surface area contributed by atoms with E-state index in [1.54, 1.807) is 12.2 Å². The van der Waals surface area contributed by atoms with Gasteiger partial charge in [-0.1, -0.05) is 55.5 Å². The molecule has 0 aliphatic heterocycles. The average Bonchev–Trinajstić information content (AvgIpc) is 2.88. The van der Waals surface area contributed by atoms with E-state index < -0.39 is 18.2 Å². The summed E-state index contributed by atoms with van der Waals surface area (Å²) in [6.07, 6.45) is 17.2. The van der Waals surface area contributed by atoms with E-state index in [1.165, 1.54) is 0 Å². The Morgan fingerprint density at radius 3 is 2.63 bits per heavy atom. The molecule has 0 radical (unpaired) electrons. The standard InChI is InChI=1S/C22H32O5/c1-2-3-8-11-17(23)14-15-19-18(20(24)16-21(19)25)12-9-6-4-5-7-10-13-22(26)27/h3,5-9,14-15,17-19,21,23,25H,2,4,10-13,16H2,1H3,(H,26,27)/b7-5-,8-3-,9-6-,15-14+/t17-,18-,19+,21-/m0/s1. The molecule has 1 aliphatic carbocycles. The van der Waals surface area contributed by atoms with Crippen LogP contribution in [-0.4, -0.2) is 39.3 Å². The van der Waals surface area contributed by atoms with Crippen LogP contribution in [0.15, 0.2) is 48.6 Å². The smallest absolute Gasteiger partial charge is 0.303 e. The summed E-state index contributed by atoms with van der Waals surface area (Å²) in [7, 11) is 0. The number of Topliss-reactive ketones (excluding diaryl/α,β-unsaturated/α-hetero) is 1. The van der Waals surface area contributed by atoms with Gasteiger partial charge in [0.1, 0.15) is 5.78 Å². The van der Waals surface area contributed by atoms with Gasteiger partial charge >= 0.3 is 5.97 Å². The van der Waals surface area contributed by atoms with Crippen molar-refractivity contribution in [2.75, 3.05) is 0 Å². The van der Waals surface area contributed by atoms with Crippen LogP contribution in [-0.2, 0) is 9.59 Å². The quantitative estimate of drug-likeness (QED) is 0.453. The summed E-state index contributed by atoms with van der Waals surface area (Å²) in [5.41, 5.74) is 0. The molecule has 0 saturated heterocycles. The lowest BCUT2D eigenvalue weighted by atomic mass is 9.90. The monoisotopic (exact) mass is 376 g/mol. The van der Waals surface area contributed by atoms with Crippen LogP contribution < -0.4 is 0 Å². The first-order chi connectivity index (χ1) is 13.0. The van der Waals surface area contributed by atoms with Crippen molar-refractivity contribution in [2.24, 2.45) is 11.8 Å². The van der Waals surface area contributed by atoms with Crippen LogP contribution in [0.4, 0.5) is 0 Å². The molecular formula is C22H32O5. The number of aliphatic hydroxyl groups excluding tert-OH is 2. The largest absolute Gasteiger partial charge is 0.481 e. The number of aliphatic hydroxyl groups is 2. The highest BCUT2D eigenvalue weighted by atomic mass is 16.4. The Morgan fingerprint density at radius 2 is 1.93 bits per heavy atom. The normalized spacial score (nSPS) is 24.9. The summed E-state index contributed by atoms with van der Waals surface area (Å²) in [4.78, 5) is 22.6. The van der Waals surface area contributed by atoms with Gasteiger partial charge in [-0.25, -0.2) is 0 Å². The number of hydrogen-bond acceptors (Lipinski definition) is 4. The summed E-state index contributed by atoms with van der Waals surface area (Å²) in [6, 6.07) is 0. The van der Waals surface area contributed by atoms with Crippen LogP contribution in [0, 0.1) is 11.8 Å². The van der Waals surface area contributed by atoms with E-state index in [2.05, 4.69) is 0 Å². The molecule has 0 amide bonds. The summed E-state index contributed by atoms with van der Waals surface area (Å²) in [6.45, 7) is 2.03. The van der Waals surface area contributed by atoms with Crippen molar-refractivity contribution >= 4 is 11.8 Å². The number of hydrogen-bond donors (Lipinski definition) is 3. The molecule has 27 heavy (non-hydrogen) atoms. The molecule has 1 rings (SSSR count). The van der Waals surface area contributed by atoms with E-state index in [0.29, 0.717) is 25.7 Å². The molecule has 0 aromatic rings. The van der Waals surface area contributed by atoms with Crippen LogP contribution in [0.5, 0.6) is 0 Å². The van der Waals surface area contributed by atoms with Crippen LogP contribution in [0.1, 0.15) is 51.9 Å². The van der Waals surface area contributed by atoms with Crippen LogP contribution in [0.3, 0.4) is 0 Å². The number of rotatable bonds is 12. The predicted octanol–water partition coefficient (Wildman–Crippen LogP) is 3.58. The highest BCUT2D eigenvalue weighted by Crippen LogP contribution is 2.33. The number of carboxylic acids is 1. The molecular weight excluding hydrogens is 344 g/mol. The maximum absolute atomic E-state index is 12.1. The Labute approximate surface area is 161 Å². The number of allylic oxidation sites excluding steroid dienone is 5. The van der Waals surface area contributed by atoms with E-state index in [-0.39, 0.29) is 30.5 Å². The van der Waals surface area contributed by atoms with Crippen molar-refractivity contribution in [2.45, 2.75) is 64.1 Å². The van der Waals surface area contributed by atoms with Crippen molar-refractivity contribution in [3.8, 4) is 0 Å². The van der Waals surface area contributed by atoms with Gasteiger partial charge in [0, 0.05) is 24.7 Å². The number of carbonyl (C=O) groups is 2. The fraction of sp³-hybridized carbons (Fsp3) is 0.545. The van der Waals surface area contributed by atoms with Crippen molar-refractivity contribution in [3.63, 3.8) is 0 Å². The van der Waals surface area contributed by atoms with Gasteiger partial charge in [-0.2, -0.15) is 0 Å². The van der Waals surface area contributed by atoms with E-state index in [1.807, 2.05) is 43.4 Å². The lowest BCUT2D eigenvalue weighted by Gasteiger charge is -2.16. The molecule has 0 aromatic carbocycles. The van der Waals surface area contributed by atoms with E-state index in [4.69, 9.17) is 5.11 Å². The topological polar surface area (TPSA) is 94.8 Å². The highest BCUT2D eigenvalue weighted by Gasteiger charge is 2.39. The Bertz CT molecular complexity index is 573. The zero-order valence-electron chi connectivity index (χ0n) is 16.0. The van der Waals surface area contributed by atoms with Crippen LogP contribution in [0.2, 0.25) is 0 Å². The third kappa shape index (κ3) is 9.50. The molecule has 0 spiro atoms. The predicted molar refractivity (Wildman–Crippen MR) is 106 cm³/mol. The minimum absolute atomic E-state index is 0.0548. The number of carbonyl (C=O) groups excluding carboxylic acids is 1. The molecule has 0 unspecified atom stereocenters. The maximum atomic E-state index is 12.1. The maximum Gasteiger partial charge on any atom is 0.303 e. The molecule has 0 bridgehead atoms. The second kappa shape index (κ2) is 13.2. The second-order valence-electron chi connectivity index (χ2n) is 6.84. The van der Waals surface area contributed by atoms with Crippen LogP contribution >= 0.6 is 0 Å². The summed E-state index contributed by atoms with van der Waals surface area (Å²) in [5.74, 6) is -1.28. The molecule has 5 nitrogen and oxygen atoms in total. The molecule has 1 saturated carbocycles.